The summed E-state index contributed by atoms with van der Waals surface area (Å²) in [4.78, 5) is 18.5. The molecule has 2 heterocycles. The Morgan fingerprint density at radius 1 is 1.38 bits per heavy atom. The first-order chi connectivity index (χ1) is 9.86. The maximum atomic E-state index is 12.8. The van der Waals surface area contributed by atoms with E-state index in [0.29, 0.717) is 4.88 Å². The van der Waals surface area contributed by atoms with Crippen LogP contribution in [0, 0.1) is 0 Å². The number of rotatable bonds is 5. The topological polar surface area (TPSA) is 63.1 Å². The zero-order chi connectivity index (χ0) is 15.5. The van der Waals surface area contributed by atoms with Crippen molar-refractivity contribution in [3.8, 4) is 10.6 Å². The Bertz CT molecular complexity index is 630. The van der Waals surface area contributed by atoms with Crippen LogP contribution in [0.15, 0.2) is 28.7 Å². The average Bonchev–Trinajstić information content (AvgIpc) is 2.90. The number of thioether (sulfide) groups is 1. The summed E-state index contributed by atoms with van der Waals surface area (Å²) in [5.41, 5.74) is -0.844. The van der Waals surface area contributed by atoms with Crippen molar-refractivity contribution in [2.75, 3.05) is 5.75 Å². The largest absolute Gasteiger partial charge is 0.481 e. The maximum Gasteiger partial charge on any atom is 0.433 e. The quantitative estimate of drug-likeness (QED) is 0.666. The molecule has 0 aromatic carbocycles. The number of carboxylic acids is 1. The van der Waals surface area contributed by atoms with E-state index in [9.17, 15) is 18.0 Å². The molecule has 0 unspecified atom stereocenters. The molecule has 0 aliphatic rings. The number of carboxylic acid groups (broad SMARTS) is 1. The van der Waals surface area contributed by atoms with Gasteiger partial charge in [-0.25, -0.2) is 9.97 Å². The van der Waals surface area contributed by atoms with Gasteiger partial charge in [0, 0.05) is 5.75 Å². The van der Waals surface area contributed by atoms with Crippen molar-refractivity contribution in [3.63, 3.8) is 0 Å². The first kappa shape index (κ1) is 15.8. The number of halogens is 3. The van der Waals surface area contributed by atoms with Crippen LogP contribution in [-0.2, 0) is 11.0 Å². The Hall–Kier alpha value is -1.61. The number of nitrogens with zero attached hydrogens (tertiary/aromatic N) is 2. The molecule has 4 nitrogen and oxygen atoms in total. The van der Waals surface area contributed by atoms with E-state index in [2.05, 4.69) is 9.97 Å². The highest BCUT2D eigenvalue weighted by Gasteiger charge is 2.33. The number of aromatic nitrogens is 2. The van der Waals surface area contributed by atoms with Gasteiger partial charge in [-0.3, -0.25) is 4.79 Å². The normalized spacial score (nSPS) is 11.6. The molecule has 0 atom stereocenters. The van der Waals surface area contributed by atoms with Gasteiger partial charge in [-0.15, -0.1) is 11.3 Å². The van der Waals surface area contributed by atoms with Gasteiger partial charge in [-0.2, -0.15) is 13.2 Å². The zero-order valence-electron chi connectivity index (χ0n) is 10.4. The molecule has 0 amide bonds. The summed E-state index contributed by atoms with van der Waals surface area (Å²) in [6.07, 6.45) is -4.74. The predicted octanol–water partition coefficient (Wildman–Crippen LogP) is 3.79. The van der Waals surface area contributed by atoms with E-state index in [1.165, 1.54) is 11.3 Å². The minimum atomic E-state index is -4.57. The van der Waals surface area contributed by atoms with Crippen molar-refractivity contribution < 1.29 is 23.1 Å². The highest BCUT2D eigenvalue weighted by molar-refractivity contribution is 7.99. The summed E-state index contributed by atoms with van der Waals surface area (Å²) in [5.74, 6) is -0.909. The summed E-state index contributed by atoms with van der Waals surface area (Å²) < 4.78 is 38.5. The highest BCUT2D eigenvalue weighted by Crippen LogP contribution is 2.33. The van der Waals surface area contributed by atoms with Gasteiger partial charge in [0.25, 0.3) is 0 Å². The third kappa shape index (κ3) is 4.43. The molecule has 0 spiro atoms. The van der Waals surface area contributed by atoms with Gasteiger partial charge in [-0.1, -0.05) is 17.8 Å². The fourth-order valence-corrected chi connectivity index (χ4v) is 2.89. The Balaban J connectivity index is 2.31. The van der Waals surface area contributed by atoms with E-state index in [-0.39, 0.29) is 23.0 Å². The maximum absolute atomic E-state index is 12.8. The van der Waals surface area contributed by atoms with Crippen molar-refractivity contribution in [2.45, 2.75) is 17.8 Å². The molecule has 0 radical (unpaired) electrons. The molecule has 0 aliphatic heterocycles. The van der Waals surface area contributed by atoms with Gasteiger partial charge in [-0.05, 0) is 17.5 Å². The van der Waals surface area contributed by atoms with E-state index in [1.54, 1.807) is 17.5 Å². The summed E-state index contributed by atoms with van der Waals surface area (Å²) in [7, 11) is 0. The second kappa shape index (κ2) is 6.44. The van der Waals surface area contributed by atoms with Gasteiger partial charge < -0.3 is 5.11 Å². The first-order valence-electron chi connectivity index (χ1n) is 5.71. The lowest BCUT2D eigenvalue weighted by atomic mass is 10.3. The minimum absolute atomic E-state index is 0.0746. The molecular formula is C12H9F3N2O2S2. The third-order valence-corrected chi connectivity index (χ3v) is 4.06. The smallest absolute Gasteiger partial charge is 0.433 e. The number of hydrogen-bond acceptors (Lipinski definition) is 5. The second-order valence-electron chi connectivity index (χ2n) is 3.89. The summed E-state index contributed by atoms with van der Waals surface area (Å²) in [5, 5.41) is 10.2. The van der Waals surface area contributed by atoms with Crippen LogP contribution in [0.4, 0.5) is 13.2 Å². The van der Waals surface area contributed by atoms with Crippen LogP contribution in [0.5, 0.6) is 0 Å². The molecule has 21 heavy (non-hydrogen) atoms. The van der Waals surface area contributed by atoms with Crippen LogP contribution >= 0.6 is 23.1 Å². The van der Waals surface area contributed by atoms with Crippen molar-refractivity contribution >= 4 is 29.1 Å². The Labute approximate surface area is 126 Å². The van der Waals surface area contributed by atoms with Crippen LogP contribution in [0.3, 0.4) is 0 Å². The number of thiophene rings is 1. The third-order valence-electron chi connectivity index (χ3n) is 2.32. The Morgan fingerprint density at radius 3 is 2.71 bits per heavy atom. The van der Waals surface area contributed by atoms with Crippen LogP contribution in [-0.4, -0.2) is 26.8 Å². The molecule has 0 bridgehead atoms. The molecule has 0 fully saturated rings. The first-order valence-corrected chi connectivity index (χ1v) is 7.57. The number of alkyl halides is 3. The van der Waals surface area contributed by atoms with Crippen molar-refractivity contribution in [3.05, 3.63) is 29.3 Å². The van der Waals surface area contributed by atoms with Crippen LogP contribution in [0.1, 0.15) is 12.1 Å². The van der Waals surface area contributed by atoms with Gasteiger partial charge in [0.15, 0.2) is 5.16 Å². The molecule has 2 rings (SSSR count). The van der Waals surface area contributed by atoms with E-state index in [4.69, 9.17) is 5.11 Å². The molecule has 0 saturated carbocycles. The number of carbonyl (C=O) groups is 1. The number of aliphatic carboxylic acids is 1. The predicted molar refractivity (Wildman–Crippen MR) is 73.3 cm³/mol. The Morgan fingerprint density at radius 2 is 2.14 bits per heavy atom. The fraction of sp³-hybridized carbons (Fsp3) is 0.250. The fourth-order valence-electron chi connectivity index (χ4n) is 1.42. The van der Waals surface area contributed by atoms with Crippen molar-refractivity contribution in [2.24, 2.45) is 0 Å². The number of hydrogen-bond donors (Lipinski definition) is 1. The monoisotopic (exact) mass is 334 g/mol. The minimum Gasteiger partial charge on any atom is -0.481 e. The van der Waals surface area contributed by atoms with E-state index in [0.717, 1.165) is 17.8 Å². The molecular weight excluding hydrogens is 325 g/mol. The Kier molecular flexibility index (Phi) is 4.84. The van der Waals surface area contributed by atoms with Gasteiger partial charge in [0.2, 0.25) is 0 Å². The summed E-state index contributed by atoms with van der Waals surface area (Å²) in [6, 6.07) is 4.28. The molecule has 112 valence electrons. The standard InChI is InChI=1S/C12H9F3N2O2S2/c13-12(14,15)9-6-7(8-2-1-4-20-8)16-11(17-9)21-5-3-10(18)19/h1-2,4,6H,3,5H2,(H,18,19). The summed E-state index contributed by atoms with van der Waals surface area (Å²) in [6.45, 7) is 0. The van der Waals surface area contributed by atoms with E-state index in [1.807, 2.05) is 0 Å². The molecule has 2 aromatic rings. The van der Waals surface area contributed by atoms with Gasteiger partial charge in [0.05, 0.1) is 17.0 Å². The van der Waals surface area contributed by atoms with Crippen LogP contribution in [0.2, 0.25) is 0 Å². The lowest BCUT2D eigenvalue weighted by Gasteiger charge is -2.09. The van der Waals surface area contributed by atoms with E-state index >= 15 is 0 Å². The molecule has 0 aliphatic carbocycles. The summed E-state index contributed by atoms with van der Waals surface area (Å²) >= 11 is 2.16. The molecule has 9 heteroatoms. The lowest BCUT2D eigenvalue weighted by Crippen LogP contribution is -2.10. The second-order valence-corrected chi connectivity index (χ2v) is 5.90. The van der Waals surface area contributed by atoms with Crippen molar-refractivity contribution in [1.29, 1.82) is 0 Å². The SMILES string of the molecule is O=C(O)CCSc1nc(-c2cccs2)cc(C(F)(F)F)n1. The van der Waals surface area contributed by atoms with Gasteiger partial charge >= 0.3 is 12.1 Å². The lowest BCUT2D eigenvalue weighted by molar-refractivity contribution is -0.141. The highest BCUT2D eigenvalue weighted by atomic mass is 32.2. The van der Waals surface area contributed by atoms with Gasteiger partial charge in [0.1, 0.15) is 5.69 Å². The zero-order valence-corrected chi connectivity index (χ0v) is 12.1. The molecule has 1 N–H and O–H groups in total. The molecule has 2 aromatic heterocycles. The van der Waals surface area contributed by atoms with Crippen molar-refractivity contribution in [1.82, 2.24) is 9.97 Å². The van der Waals surface area contributed by atoms with E-state index < -0.39 is 17.8 Å². The molecule has 0 saturated heterocycles. The van der Waals surface area contributed by atoms with Crippen LogP contribution in [0.25, 0.3) is 10.6 Å². The van der Waals surface area contributed by atoms with Crippen LogP contribution < -0.4 is 0 Å². The average molecular weight is 334 g/mol.